The van der Waals surface area contributed by atoms with E-state index in [1.54, 1.807) is 37.3 Å². The van der Waals surface area contributed by atoms with Gasteiger partial charge in [-0.1, -0.05) is 35.9 Å². The molecule has 0 aliphatic carbocycles. The third kappa shape index (κ3) is 3.92. The van der Waals surface area contributed by atoms with Gasteiger partial charge in [0.15, 0.2) is 5.82 Å². The Bertz CT molecular complexity index is 1200. The van der Waals surface area contributed by atoms with E-state index in [9.17, 15) is 9.59 Å². The molecule has 3 aromatic rings. The highest BCUT2D eigenvalue weighted by Crippen LogP contribution is 2.29. The number of aryl methyl sites for hydroxylation is 1. The number of carbonyl (C=O) groups is 1. The summed E-state index contributed by atoms with van der Waals surface area (Å²) in [5.74, 6) is -1.64. The Balaban J connectivity index is 1.72. The number of halogens is 2. The van der Waals surface area contributed by atoms with E-state index in [0.29, 0.717) is 16.3 Å². The summed E-state index contributed by atoms with van der Waals surface area (Å²) in [5.41, 5.74) is 6.32. The molecule has 160 valence electrons. The average Bonchev–Trinajstić information content (AvgIpc) is 3.25. The van der Waals surface area contributed by atoms with Crippen LogP contribution >= 0.6 is 11.6 Å². The van der Waals surface area contributed by atoms with E-state index in [-0.39, 0.29) is 23.1 Å². The maximum absolute atomic E-state index is 15.0. The van der Waals surface area contributed by atoms with Crippen LogP contribution in [0.1, 0.15) is 40.4 Å². The number of nitrogens with two attached hydrogens (primary N) is 1. The molecule has 1 amide bonds. The smallest absolute Gasteiger partial charge is 0.273 e. The lowest BCUT2D eigenvalue weighted by molar-refractivity contribution is 0.102. The quantitative estimate of drug-likeness (QED) is 0.574. The van der Waals surface area contributed by atoms with Crippen molar-refractivity contribution in [3.05, 3.63) is 80.6 Å². The van der Waals surface area contributed by atoms with E-state index >= 15 is 4.39 Å². The number of hydrogen-bond donors (Lipinski definition) is 3. The van der Waals surface area contributed by atoms with Gasteiger partial charge in [-0.3, -0.25) is 14.2 Å². The number of nitrogen functional groups attached to an aromatic ring is 1. The lowest BCUT2D eigenvalue weighted by Gasteiger charge is -2.16. The zero-order valence-corrected chi connectivity index (χ0v) is 17.5. The molecule has 1 aliphatic heterocycles. The highest BCUT2D eigenvalue weighted by Gasteiger charge is 2.24. The first-order valence-corrected chi connectivity index (χ1v) is 10.2. The van der Waals surface area contributed by atoms with Crippen LogP contribution in [-0.2, 0) is 0 Å². The van der Waals surface area contributed by atoms with Gasteiger partial charge in [0, 0.05) is 11.6 Å². The molecule has 4 rings (SSSR count). The maximum Gasteiger partial charge on any atom is 0.273 e. The Morgan fingerprint density at radius 3 is 2.81 bits per heavy atom. The van der Waals surface area contributed by atoms with Crippen LogP contribution in [-0.4, -0.2) is 22.0 Å². The Hall–Kier alpha value is -3.23. The highest BCUT2D eigenvalue weighted by atomic mass is 35.5. The van der Waals surface area contributed by atoms with Crippen LogP contribution < -0.4 is 21.9 Å². The zero-order valence-electron chi connectivity index (χ0n) is 16.8. The van der Waals surface area contributed by atoms with Crippen molar-refractivity contribution < 1.29 is 9.18 Å². The van der Waals surface area contributed by atoms with Gasteiger partial charge in [0.1, 0.15) is 17.7 Å². The van der Waals surface area contributed by atoms with E-state index in [0.717, 1.165) is 29.5 Å². The first-order chi connectivity index (χ1) is 14.9. The number of nitrogens with zero attached hydrogens (tertiary/aromatic N) is 2. The molecule has 0 spiro atoms. The number of anilines is 2. The predicted octanol–water partition coefficient (Wildman–Crippen LogP) is 3.59. The summed E-state index contributed by atoms with van der Waals surface area (Å²) in [7, 11) is 0. The fraction of sp³-hybridized carbons (Fsp3) is 0.227. The van der Waals surface area contributed by atoms with Gasteiger partial charge in [-0.05, 0) is 44.0 Å². The molecule has 1 atom stereocenters. The molecule has 0 unspecified atom stereocenters. The highest BCUT2D eigenvalue weighted by molar-refractivity contribution is 6.32. The Morgan fingerprint density at radius 2 is 2.10 bits per heavy atom. The lowest BCUT2D eigenvalue weighted by atomic mass is 10.0. The number of nitrogens with one attached hydrogen (secondary N) is 2. The van der Waals surface area contributed by atoms with Crippen molar-refractivity contribution in [3.8, 4) is 5.69 Å². The van der Waals surface area contributed by atoms with E-state index < -0.39 is 17.3 Å². The van der Waals surface area contributed by atoms with Crippen LogP contribution in [0.3, 0.4) is 0 Å². The molecule has 0 radical (unpaired) electrons. The molecule has 1 saturated heterocycles. The summed E-state index contributed by atoms with van der Waals surface area (Å²) < 4.78 is 16.2. The first-order valence-electron chi connectivity index (χ1n) is 9.84. The van der Waals surface area contributed by atoms with Gasteiger partial charge in [-0.2, -0.15) is 0 Å². The summed E-state index contributed by atoms with van der Waals surface area (Å²) in [6.07, 6.45) is 2.98. The minimum absolute atomic E-state index is 0.0284. The molecule has 1 fully saturated rings. The molecule has 4 N–H and O–H groups in total. The Kier molecular flexibility index (Phi) is 5.75. The molecule has 9 heteroatoms. The van der Waals surface area contributed by atoms with Gasteiger partial charge in [-0.25, -0.2) is 9.37 Å². The molecule has 7 nitrogen and oxygen atoms in total. The average molecular weight is 442 g/mol. The van der Waals surface area contributed by atoms with E-state index in [1.165, 1.54) is 12.4 Å². The maximum atomic E-state index is 15.0. The predicted molar refractivity (Wildman–Crippen MR) is 118 cm³/mol. The molecule has 0 bridgehead atoms. The number of para-hydroxylation sites is 1. The summed E-state index contributed by atoms with van der Waals surface area (Å²) >= 11 is 6.26. The van der Waals surface area contributed by atoms with Crippen LogP contribution in [0, 0.1) is 12.7 Å². The van der Waals surface area contributed by atoms with E-state index in [1.807, 2.05) is 0 Å². The second-order valence-electron chi connectivity index (χ2n) is 7.40. The third-order valence-corrected chi connectivity index (χ3v) is 5.68. The minimum Gasteiger partial charge on any atom is -0.383 e. The van der Waals surface area contributed by atoms with Gasteiger partial charge in [-0.15, -0.1) is 0 Å². The van der Waals surface area contributed by atoms with Crippen molar-refractivity contribution >= 4 is 29.0 Å². The van der Waals surface area contributed by atoms with Crippen molar-refractivity contribution in [1.82, 2.24) is 14.9 Å². The molecule has 1 aliphatic rings. The molecular formula is C22H21ClFN5O2. The number of hydrogen-bond acceptors (Lipinski definition) is 5. The van der Waals surface area contributed by atoms with Crippen molar-refractivity contribution in [1.29, 1.82) is 0 Å². The Morgan fingerprint density at radius 1 is 1.32 bits per heavy atom. The zero-order chi connectivity index (χ0) is 22.1. The van der Waals surface area contributed by atoms with Crippen molar-refractivity contribution in [2.75, 3.05) is 17.6 Å². The molecule has 2 aromatic carbocycles. The molecule has 1 aromatic heterocycles. The van der Waals surface area contributed by atoms with Crippen molar-refractivity contribution in [2.45, 2.75) is 25.8 Å². The minimum atomic E-state index is -0.843. The SMILES string of the molecule is Cc1cccc(Cl)c1-n1cnc(N)c(C(=O)Nc2cccc([C@H]3CCCN3)c2F)c1=O. The van der Waals surface area contributed by atoms with Crippen LogP contribution in [0.2, 0.25) is 5.02 Å². The van der Waals surface area contributed by atoms with Gasteiger partial charge >= 0.3 is 0 Å². The second kappa shape index (κ2) is 8.49. The lowest BCUT2D eigenvalue weighted by Crippen LogP contribution is -2.31. The van der Waals surface area contributed by atoms with Crippen LogP contribution in [0.4, 0.5) is 15.9 Å². The largest absolute Gasteiger partial charge is 0.383 e. The number of aromatic nitrogens is 2. The summed E-state index contributed by atoms with van der Waals surface area (Å²) in [5, 5.41) is 6.03. The topological polar surface area (TPSA) is 102 Å². The van der Waals surface area contributed by atoms with Gasteiger partial charge in [0.05, 0.1) is 16.4 Å². The molecule has 31 heavy (non-hydrogen) atoms. The van der Waals surface area contributed by atoms with E-state index in [4.69, 9.17) is 17.3 Å². The second-order valence-corrected chi connectivity index (χ2v) is 7.80. The first kappa shape index (κ1) is 21.0. The van der Waals surface area contributed by atoms with Crippen LogP contribution in [0.15, 0.2) is 47.5 Å². The third-order valence-electron chi connectivity index (χ3n) is 5.37. The molecule has 0 saturated carbocycles. The summed E-state index contributed by atoms with van der Waals surface area (Å²) in [4.78, 5) is 30.0. The van der Waals surface area contributed by atoms with E-state index in [2.05, 4.69) is 15.6 Å². The normalized spacial score (nSPS) is 15.8. The monoisotopic (exact) mass is 441 g/mol. The fourth-order valence-corrected chi connectivity index (χ4v) is 4.13. The summed E-state index contributed by atoms with van der Waals surface area (Å²) in [6, 6.07) is 9.83. The molecule has 2 heterocycles. The molecular weight excluding hydrogens is 421 g/mol. The Labute approximate surface area is 183 Å². The fourth-order valence-electron chi connectivity index (χ4n) is 3.82. The van der Waals surface area contributed by atoms with Gasteiger partial charge in [0.2, 0.25) is 0 Å². The number of amides is 1. The number of carbonyl (C=O) groups excluding carboxylic acids is 1. The summed E-state index contributed by atoms with van der Waals surface area (Å²) in [6.45, 7) is 2.59. The van der Waals surface area contributed by atoms with Crippen LogP contribution in [0.25, 0.3) is 5.69 Å². The van der Waals surface area contributed by atoms with Crippen molar-refractivity contribution in [3.63, 3.8) is 0 Å². The van der Waals surface area contributed by atoms with Crippen LogP contribution in [0.5, 0.6) is 0 Å². The van der Waals surface area contributed by atoms with Crippen molar-refractivity contribution in [2.24, 2.45) is 0 Å². The number of benzene rings is 2. The van der Waals surface area contributed by atoms with Gasteiger partial charge in [0.25, 0.3) is 11.5 Å². The number of rotatable bonds is 4. The van der Waals surface area contributed by atoms with Gasteiger partial charge < -0.3 is 16.4 Å². The standard InChI is InChI=1S/C22H21ClFN5O2/c1-12-5-2-7-14(23)19(12)29-11-27-20(25)17(22(29)31)21(30)28-16-8-3-6-13(18(16)24)15-9-4-10-26-15/h2-3,5-8,11,15,26H,4,9-10,25H2,1H3,(H,28,30)/t15-/m1/s1.